The van der Waals surface area contributed by atoms with E-state index in [1.807, 2.05) is 38.1 Å². The van der Waals surface area contributed by atoms with E-state index in [1.165, 1.54) is 24.3 Å². The van der Waals surface area contributed by atoms with E-state index in [1.54, 1.807) is 4.68 Å². The van der Waals surface area contributed by atoms with Gasteiger partial charge in [-0.3, -0.25) is 0 Å². The van der Waals surface area contributed by atoms with E-state index in [2.05, 4.69) is 20.1 Å². The van der Waals surface area contributed by atoms with Crippen LogP contribution in [0.25, 0.3) is 17.1 Å². The molecule has 5 nitrogen and oxygen atoms in total. The van der Waals surface area contributed by atoms with Gasteiger partial charge in [0.1, 0.15) is 5.75 Å². The number of aryl methyl sites for hydroxylation is 1. The molecule has 2 aromatic carbocycles. The summed E-state index contributed by atoms with van der Waals surface area (Å²) >= 11 is 0. The molecule has 0 aliphatic heterocycles. The van der Waals surface area contributed by atoms with E-state index in [9.17, 15) is 13.2 Å². The first-order valence-corrected chi connectivity index (χ1v) is 8.00. The van der Waals surface area contributed by atoms with Crippen molar-refractivity contribution in [3.8, 4) is 22.8 Å². The standard InChI is InChI=1S/C18H17F3N4O/c1-3-22-17-23-16(13-6-4-12(2)5-7-13)24-25(17)14-8-10-15(11-9-14)26-18(19,20)21/h4-11H,3H2,1-2H3,(H,22,23,24). The SMILES string of the molecule is CCNc1nc(-c2ccc(C)cc2)nn1-c1ccc(OC(F)(F)F)cc1. The molecule has 1 N–H and O–H groups in total. The zero-order chi connectivity index (χ0) is 18.7. The molecule has 8 heteroatoms. The molecule has 0 unspecified atom stereocenters. The molecule has 0 bridgehead atoms. The lowest BCUT2D eigenvalue weighted by atomic mass is 10.1. The summed E-state index contributed by atoms with van der Waals surface area (Å²) in [6.45, 7) is 4.54. The summed E-state index contributed by atoms with van der Waals surface area (Å²) in [6, 6.07) is 13.2. The normalized spacial score (nSPS) is 11.4. The lowest BCUT2D eigenvalue weighted by Crippen LogP contribution is -2.17. The highest BCUT2D eigenvalue weighted by Gasteiger charge is 2.31. The van der Waals surface area contributed by atoms with E-state index in [0.717, 1.165) is 11.1 Å². The third-order valence-corrected chi connectivity index (χ3v) is 3.57. The van der Waals surface area contributed by atoms with Crippen LogP contribution in [0.2, 0.25) is 0 Å². The molecule has 1 aromatic heterocycles. The van der Waals surface area contributed by atoms with Crippen LogP contribution in [0.15, 0.2) is 48.5 Å². The van der Waals surface area contributed by atoms with Crippen molar-refractivity contribution in [2.75, 3.05) is 11.9 Å². The Kier molecular flexibility index (Phi) is 4.83. The topological polar surface area (TPSA) is 52.0 Å². The Morgan fingerprint density at radius 3 is 2.27 bits per heavy atom. The van der Waals surface area contributed by atoms with Gasteiger partial charge in [-0.25, -0.2) is 0 Å². The van der Waals surface area contributed by atoms with Gasteiger partial charge in [0.05, 0.1) is 5.69 Å². The van der Waals surface area contributed by atoms with Crippen LogP contribution in [0.4, 0.5) is 19.1 Å². The first-order chi connectivity index (χ1) is 12.4. The largest absolute Gasteiger partial charge is 0.573 e. The van der Waals surface area contributed by atoms with Crippen molar-refractivity contribution in [2.24, 2.45) is 0 Å². The number of ether oxygens (including phenoxy) is 1. The van der Waals surface area contributed by atoms with Gasteiger partial charge in [-0.2, -0.15) is 9.67 Å². The molecule has 136 valence electrons. The summed E-state index contributed by atoms with van der Waals surface area (Å²) in [7, 11) is 0. The fourth-order valence-electron chi connectivity index (χ4n) is 2.38. The summed E-state index contributed by atoms with van der Waals surface area (Å²) in [5, 5.41) is 7.59. The van der Waals surface area contributed by atoms with Crippen molar-refractivity contribution >= 4 is 5.95 Å². The molecule has 0 saturated carbocycles. The highest BCUT2D eigenvalue weighted by Crippen LogP contribution is 2.26. The van der Waals surface area contributed by atoms with Gasteiger partial charge in [0, 0.05) is 12.1 Å². The summed E-state index contributed by atoms with van der Waals surface area (Å²) < 4.78 is 42.3. The molecule has 3 rings (SSSR count). The quantitative estimate of drug-likeness (QED) is 0.722. The number of halogens is 3. The van der Waals surface area contributed by atoms with Gasteiger partial charge in [0.2, 0.25) is 5.95 Å². The van der Waals surface area contributed by atoms with Crippen LogP contribution in [-0.2, 0) is 0 Å². The average molecular weight is 362 g/mol. The fraction of sp³-hybridized carbons (Fsp3) is 0.222. The van der Waals surface area contributed by atoms with Crippen LogP contribution in [0, 0.1) is 6.92 Å². The fourth-order valence-corrected chi connectivity index (χ4v) is 2.38. The van der Waals surface area contributed by atoms with E-state index in [-0.39, 0.29) is 5.75 Å². The van der Waals surface area contributed by atoms with Gasteiger partial charge in [-0.05, 0) is 38.1 Å². The number of anilines is 1. The zero-order valence-corrected chi connectivity index (χ0v) is 14.2. The third-order valence-electron chi connectivity index (χ3n) is 3.57. The van der Waals surface area contributed by atoms with Gasteiger partial charge in [0.25, 0.3) is 0 Å². The Bertz CT molecular complexity index is 871. The number of rotatable bonds is 5. The maximum absolute atomic E-state index is 12.3. The van der Waals surface area contributed by atoms with Crippen molar-refractivity contribution in [3.05, 3.63) is 54.1 Å². The minimum atomic E-state index is -4.72. The number of hydrogen-bond donors (Lipinski definition) is 1. The Morgan fingerprint density at radius 1 is 1.04 bits per heavy atom. The Balaban J connectivity index is 1.94. The molecule has 3 aromatic rings. The number of nitrogens with one attached hydrogen (secondary N) is 1. The lowest BCUT2D eigenvalue weighted by Gasteiger charge is -2.10. The zero-order valence-electron chi connectivity index (χ0n) is 14.2. The molecule has 1 heterocycles. The molecule has 0 spiro atoms. The summed E-state index contributed by atoms with van der Waals surface area (Å²) in [5.74, 6) is 0.745. The van der Waals surface area contributed by atoms with E-state index >= 15 is 0 Å². The molecule has 26 heavy (non-hydrogen) atoms. The lowest BCUT2D eigenvalue weighted by molar-refractivity contribution is -0.274. The molecular weight excluding hydrogens is 345 g/mol. The van der Waals surface area contributed by atoms with Crippen molar-refractivity contribution in [1.82, 2.24) is 14.8 Å². The highest BCUT2D eigenvalue weighted by molar-refractivity contribution is 5.58. The minimum absolute atomic E-state index is 0.287. The maximum Gasteiger partial charge on any atom is 0.573 e. The van der Waals surface area contributed by atoms with Crippen LogP contribution in [0.3, 0.4) is 0 Å². The van der Waals surface area contributed by atoms with E-state index < -0.39 is 6.36 Å². The summed E-state index contributed by atoms with van der Waals surface area (Å²) in [4.78, 5) is 4.49. The van der Waals surface area contributed by atoms with Gasteiger partial charge < -0.3 is 10.1 Å². The molecule has 0 aliphatic carbocycles. The predicted molar refractivity (Wildman–Crippen MR) is 92.4 cm³/mol. The van der Waals surface area contributed by atoms with Crippen molar-refractivity contribution in [2.45, 2.75) is 20.2 Å². The Hall–Kier alpha value is -3.03. The summed E-state index contributed by atoms with van der Waals surface area (Å²) in [5.41, 5.74) is 2.55. The predicted octanol–water partition coefficient (Wildman–Crippen LogP) is 4.57. The van der Waals surface area contributed by atoms with Gasteiger partial charge in [-0.1, -0.05) is 29.8 Å². The molecular formula is C18H17F3N4O. The second kappa shape index (κ2) is 7.07. The molecule has 0 radical (unpaired) electrons. The van der Waals surface area contributed by atoms with Crippen molar-refractivity contribution in [1.29, 1.82) is 0 Å². The number of nitrogens with zero attached hydrogens (tertiary/aromatic N) is 3. The van der Waals surface area contributed by atoms with Crippen LogP contribution in [0.5, 0.6) is 5.75 Å². The second-order valence-electron chi connectivity index (χ2n) is 5.61. The second-order valence-corrected chi connectivity index (χ2v) is 5.61. The summed E-state index contributed by atoms with van der Waals surface area (Å²) in [6.07, 6.45) is -4.72. The maximum atomic E-state index is 12.3. The minimum Gasteiger partial charge on any atom is -0.406 e. The average Bonchev–Trinajstić information content (AvgIpc) is 2.99. The monoisotopic (exact) mass is 362 g/mol. The van der Waals surface area contributed by atoms with Crippen LogP contribution < -0.4 is 10.1 Å². The molecule has 0 fully saturated rings. The number of hydrogen-bond acceptors (Lipinski definition) is 4. The van der Waals surface area contributed by atoms with E-state index in [0.29, 0.717) is 24.0 Å². The van der Waals surface area contributed by atoms with Gasteiger partial charge >= 0.3 is 6.36 Å². The van der Waals surface area contributed by atoms with Crippen LogP contribution >= 0.6 is 0 Å². The smallest absolute Gasteiger partial charge is 0.406 e. The molecule has 0 amide bonds. The number of aromatic nitrogens is 3. The van der Waals surface area contributed by atoms with Gasteiger partial charge in [-0.15, -0.1) is 18.3 Å². The third kappa shape index (κ3) is 4.14. The van der Waals surface area contributed by atoms with Crippen molar-refractivity contribution < 1.29 is 17.9 Å². The van der Waals surface area contributed by atoms with Crippen molar-refractivity contribution in [3.63, 3.8) is 0 Å². The number of benzene rings is 2. The van der Waals surface area contributed by atoms with Crippen LogP contribution in [0.1, 0.15) is 12.5 Å². The molecule has 0 atom stereocenters. The Morgan fingerprint density at radius 2 is 1.69 bits per heavy atom. The van der Waals surface area contributed by atoms with E-state index in [4.69, 9.17) is 0 Å². The molecule has 0 aliphatic rings. The Labute approximate surface area is 148 Å². The number of alkyl halides is 3. The highest BCUT2D eigenvalue weighted by atomic mass is 19.4. The van der Waals surface area contributed by atoms with Gasteiger partial charge in [0.15, 0.2) is 5.82 Å². The first kappa shape index (κ1) is 17.8. The van der Waals surface area contributed by atoms with Crippen LogP contribution in [-0.4, -0.2) is 27.7 Å². The molecule has 0 saturated heterocycles. The first-order valence-electron chi connectivity index (χ1n) is 8.00.